The largest absolute Gasteiger partial charge is 1.00 e. The number of aliphatic carboxylic acids is 2. The van der Waals surface area contributed by atoms with Crippen molar-refractivity contribution in [1.29, 1.82) is 5.41 Å². The topological polar surface area (TPSA) is 104 Å². The molecule has 24 heavy (non-hydrogen) atoms. The van der Waals surface area contributed by atoms with Gasteiger partial charge in [-0.1, -0.05) is 85.0 Å². The van der Waals surface area contributed by atoms with E-state index >= 15 is 0 Å². The first-order valence-corrected chi connectivity index (χ1v) is 8.84. The third-order valence-electron chi connectivity index (χ3n) is 3.01. The summed E-state index contributed by atoms with van der Waals surface area (Å²) in [4.78, 5) is 18.6. The van der Waals surface area contributed by atoms with Crippen LogP contribution in [0.2, 0.25) is 0 Å². The molecule has 0 aliphatic heterocycles. The molecule has 0 fully saturated rings. The van der Waals surface area contributed by atoms with Gasteiger partial charge in [-0.3, -0.25) is 0 Å². The van der Waals surface area contributed by atoms with Crippen molar-refractivity contribution >= 4 is 18.2 Å². The normalized spacial score (nSPS) is 8.62. The van der Waals surface area contributed by atoms with Crippen LogP contribution >= 0.6 is 0 Å². The standard InChI is InChI=1S/C12H26.C3H5NO2.C3H6O2.Na/c1-3-5-7-9-11-12-10-8-6-4-2;4-2-1-3(5)6;1-2-3(4)5;/h3-12H2,1-2H3;2,4H,1H2,(H,5,6);2H2,1H3,(H,4,5);/q;;;+1/p-2. The number of carboxylic acids is 2. The second-order valence-corrected chi connectivity index (χ2v) is 5.33. The molecule has 0 aromatic carbocycles. The molecular formula is C18H35NNaO4-. The Morgan fingerprint density at radius 2 is 1.04 bits per heavy atom. The zero-order valence-electron chi connectivity index (χ0n) is 16.2. The van der Waals surface area contributed by atoms with Crippen molar-refractivity contribution in [2.24, 2.45) is 0 Å². The Kier molecular flexibility index (Phi) is 39.9. The van der Waals surface area contributed by atoms with Gasteiger partial charge in [0.15, 0.2) is 0 Å². The van der Waals surface area contributed by atoms with Crippen LogP contribution in [0.25, 0.3) is 0 Å². The van der Waals surface area contributed by atoms with Crippen LogP contribution in [0.3, 0.4) is 0 Å². The molecule has 0 bridgehead atoms. The number of carbonyl (C=O) groups excluding carboxylic acids is 2. The smallest absolute Gasteiger partial charge is 0.550 e. The quantitative estimate of drug-likeness (QED) is 0.300. The van der Waals surface area contributed by atoms with Gasteiger partial charge < -0.3 is 25.2 Å². The second-order valence-electron chi connectivity index (χ2n) is 5.33. The number of hydrogen-bond donors (Lipinski definition) is 1. The molecular weight excluding hydrogens is 317 g/mol. The van der Waals surface area contributed by atoms with Crippen molar-refractivity contribution in [1.82, 2.24) is 0 Å². The maximum Gasteiger partial charge on any atom is 1.00 e. The molecule has 0 unspecified atom stereocenters. The molecule has 0 radical (unpaired) electrons. The number of hydrogen-bond acceptors (Lipinski definition) is 5. The van der Waals surface area contributed by atoms with E-state index in [2.05, 4.69) is 13.8 Å². The van der Waals surface area contributed by atoms with Gasteiger partial charge in [-0.25, -0.2) is 0 Å². The molecule has 0 heterocycles. The third kappa shape index (κ3) is 49.6. The monoisotopic (exact) mass is 352 g/mol. The van der Waals surface area contributed by atoms with Crippen molar-refractivity contribution in [3.63, 3.8) is 0 Å². The van der Waals surface area contributed by atoms with Crippen LogP contribution in [0.4, 0.5) is 0 Å². The summed E-state index contributed by atoms with van der Waals surface area (Å²) in [6, 6.07) is 0. The van der Waals surface area contributed by atoms with Crippen molar-refractivity contribution in [3.05, 3.63) is 0 Å². The summed E-state index contributed by atoms with van der Waals surface area (Å²) < 4.78 is 0. The summed E-state index contributed by atoms with van der Waals surface area (Å²) in [6.07, 6.45) is 15.1. The summed E-state index contributed by atoms with van der Waals surface area (Å²) >= 11 is 0. The summed E-state index contributed by atoms with van der Waals surface area (Å²) in [6.45, 7) is 6.10. The average Bonchev–Trinajstić information content (AvgIpc) is 2.51. The van der Waals surface area contributed by atoms with E-state index in [9.17, 15) is 19.8 Å². The number of unbranched alkanes of at least 4 members (excludes halogenated alkanes) is 9. The zero-order chi connectivity index (χ0) is 18.3. The Balaban J connectivity index is -0.000000140. The summed E-state index contributed by atoms with van der Waals surface area (Å²) in [7, 11) is 0. The molecule has 0 aliphatic carbocycles. The fraction of sp³-hybridized carbons (Fsp3) is 0.833. The SMILES string of the molecule is CCC(=O)[O-].CCCCCCCCCCCC.N=CCC(=O)[O-].[Na+]. The van der Waals surface area contributed by atoms with Gasteiger partial charge in [-0.2, -0.15) is 0 Å². The molecule has 138 valence electrons. The van der Waals surface area contributed by atoms with Gasteiger partial charge in [0, 0.05) is 24.6 Å². The van der Waals surface area contributed by atoms with Crippen LogP contribution in [0, 0.1) is 5.41 Å². The van der Waals surface area contributed by atoms with E-state index in [-0.39, 0.29) is 42.4 Å². The van der Waals surface area contributed by atoms with E-state index in [0.29, 0.717) is 0 Å². The van der Waals surface area contributed by atoms with Crippen molar-refractivity contribution in [3.8, 4) is 0 Å². The maximum atomic E-state index is 9.34. The molecule has 1 N–H and O–H groups in total. The van der Waals surface area contributed by atoms with E-state index in [1.807, 2.05) is 0 Å². The van der Waals surface area contributed by atoms with E-state index in [0.717, 1.165) is 6.21 Å². The Morgan fingerprint density at radius 3 is 1.17 bits per heavy atom. The van der Waals surface area contributed by atoms with Crippen molar-refractivity contribution in [2.45, 2.75) is 97.8 Å². The molecule has 0 atom stereocenters. The minimum Gasteiger partial charge on any atom is -0.550 e. The summed E-state index contributed by atoms with van der Waals surface area (Å²) in [5, 5.41) is 24.8. The zero-order valence-corrected chi connectivity index (χ0v) is 18.2. The maximum absolute atomic E-state index is 9.34. The number of carboxylic acid groups (broad SMARTS) is 2. The Hall–Kier alpha value is -0.390. The van der Waals surface area contributed by atoms with E-state index in [1.165, 1.54) is 71.1 Å². The molecule has 0 rings (SSSR count). The predicted molar refractivity (Wildman–Crippen MR) is 91.2 cm³/mol. The van der Waals surface area contributed by atoms with Crippen LogP contribution < -0.4 is 39.8 Å². The predicted octanol–water partition coefficient (Wildman–Crippen LogP) is -0.147. The minimum atomic E-state index is -1.20. The van der Waals surface area contributed by atoms with E-state index in [4.69, 9.17) is 5.41 Å². The molecule has 0 saturated carbocycles. The Morgan fingerprint density at radius 1 is 0.750 bits per heavy atom. The molecule has 0 amide bonds. The molecule has 0 aromatic heterocycles. The first-order chi connectivity index (χ1) is 11.0. The van der Waals surface area contributed by atoms with Gasteiger partial charge in [-0.05, 0) is 6.42 Å². The van der Waals surface area contributed by atoms with Gasteiger partial charge in [0.2, 0.25) is 0 Å². The van der Waals surface area contributed by atoms with Gasteiger partial charge >= 0.3 is 29.6 Å². The average molecular weight is 352 g/mol. The Bertz CT molecular complexity index is 264. The molecule has 0 saturated heterocycles. The first-order valence-electron chi connectivity index (χ1n) is 8.84. The van der Waals surface area contributed by atoms with Gasteiger partial charge in [0.1, 0.15) is 0 Å². The number of nitrogens with one attached hydrogen (secondary N) is 1. The fourth-order valence-electron chi connectivity index (χ4n) is 1.64. The van der Waals surface area contributed by atoms with Crippen LogP contribution in [0.15, 0.2) is 0 Å². The minimum absolute atomic E-state index is 0. The first kappa shape index (κ1) is 31.4. The van der Waals surface area contributed by atoms with Gasteiger partial charge in [0.25, 0.3) is 0 Å². The van der Waals surface area contributed by atoms with Crippen molar-refractivity contribution in [2.75, 3.05) is 0 Å². The van der Waals surface area contributed by atoms with Crippen LogP contribution in [0.5, 0.6) is 0 Å². The Labute approximate surface area is 170 Å². The summed E-state index contributed by atoms with van der Waals surface area (Å²) in [5.41, 5.74) is 0. The number of rotatable bonds is 12. The van der Waals surface area contributed by atoms with Crippen molar-refractivity contribution < 1.29 is 49.4 Å². The third-order valence-corrected chi connectivity index (χ3v) is 3.01. The molecule has 0 aromatic rings. The fourth-order valence-corrected chi connectivity index (χ4v) is 1.64. The number of carbonyl (C=O) groups is 2. The van der Waals surface area contributed by atoms with Gasteiger partial charge in [0.05, 0.1) is 0 Å². The molecule has 0 aliphatic rings. The van der Waals surface area contributed by atoms with Gasteiger partial charge in [-0.15, -0.1) is 0 Å². The van der Waals surface area contributed by atoms with E-state index < -0.39 is 11.9 Å². The summed E-state index contributed by atoms with van der Waals surface area (Å²) in [5.74, 6) is -2.20. The molecule has 6 heteroatoms. The van der Waals surface area contributed by atoms with Crippen LogP contribution in [-0.2, 0) is 9.59 Å². The van der Waals surface area contributed by atoms with Crippen LogP contribution in [0.1, 0.15) is 97.8 Å². The van der Waals surface area contributed by atoms with E-state index in [1.54, 1.807) is 0 Å². The second kappa shape index (κ2) is 30.5. The molecule has 5 nitrogen and oxygen atoms in total. The molecule has 0 spiro atoms. The van der Waals surface area contributed by atoms with Crippen LogP contribution in [-0.4, -0.2) is 18.2 Å².